The van der Waals surface area contributed by atoms with Gasteiger partial charge in [-0.25, -0.2) is 29.9 Å². The Labute approximate surface area is 308 Å². The molecule has 4 aromatic heterocycles. The zero-order valence-electron chi connectivity index (χ0n) is 34.0. The molecule has 0 saturated carbocycles. The number of hydrogen-bond acceptors (Lipinski definition) is 12. The summed E-state index contributed by atoms with van der Waals surface area (Å²) < 4.78 is 0. The van der Waals surface area contributed by atoms with Crippen LogP contribution < -0.4 is 0 Å². The molecular weight excluding hydrogens is 625 g/mol. The van der Waals surface area contributed by atoms with Gasteiger partial charge in [0.05, 0.1) is 30.0 Å². The number of hydrogen-bond donors (Lipinski definition) is 0. The third-order valence-electron chi connectivity index (χ3n) is 4.83. The highest BCUT2D eigenvalue weighted by Gasteiger charge is 2.17. The fraction of sp³-hybridized carbons (Fsp3) is 0.684. The smallest absolute Gasteiger partial charge is 0.156 e. The summed E-state index contributed by atoms with van der Waals surface area (Å²) in [4.78, 5) is 23.8. The van der Waals surface area contributed by atoms with E-state index in [1.807, 2.05) is 55.4 Å². The predicted octanol–water partition coefficient (Wildman–Crippen LogP) is 10.1. The van der Waals surface area contributed by atoms with Gasteiger partial charge in [0.25, 0.3) is 0 Å². The SMILES string of the molecule is C.C.CC.CC.CC.CC.CC(C)(C)c1cncnn1.CC(C)(C)c1cnncn1.CC(C)(C)c1nccnn1.CC(C)(C)c1ncncn1. The highest BCUT2D eigenvalue weighted by Crippen LogP contribution is 2.18. The van der Waals surface area contributed by atoms with E-state index >= 15 is 0 Å². The van der Waals surface area contributed by atoms with Crippen LogP contribution >= 0.6 is 0 Å². The van der Waals surface area contributed by atoms with Crippen LogP contribution in [0.5, 0.6) is 0 Å². The zero-order chi connectivity index (χ0) is 38.5. The van der Waals surface area contributed by atoms with Crippen molar-refractivity contribution in [1.29, 1.82) is 0 Å². The highest BCUT2D eigenvalue weighted by molar-refractivity contribution is 5.06. The average Bonchev–Trinajstić information content (AvgIpc) is 3.09. The van der Waals surface area contributed by atoms with Gasteiger partial charge < -0.3 is 0 Å². The van der Waals surface area contributed by atoms with Crippen LogP contribution in [-0.4, -0.2) is 60.5 Å². The summed E-state index contributed by atoms with van der Waals surface area (Å²) in [7, 11) is 0. The van der Waals surface area contributed by atoms with Crippen LogP contribution in [0.4, 0.5) is 0 Å². The zero-order valence-corrected chi connectivity index (χ0v) is 34.0. The van der Waals surface area contributed by atoms with Gasteiger partial charge in [-0.05, 0) is 0 Å². The lowest BCUT2D eigenvalue weighted by Gasteiger charge is -2.15. The van der Waals surface area contributed by atoms with E-state index in [2.05, 4.69) is 144 Å². The van der Waals surface area contributed by atoms with Crippen LogP contribution in [0.25, 0.3) is 0 Å². The topological polar surface area (TPSA) is 155 Å². The monoisotopic (exact) mass is 701 g/mol. The second-order valence-electron chi connectivity index (χ2n) is 12.9. The summed E-state index contributed by atoms with van der Waals surface area (Å²) in [5.41, 5.74) is 2.08. The fourth-order valence-corrected chi connectivity index (χ4v) is 2.44. The Balaban J connectivity index is -0.000000119. The van der Waals surface area contributed by atoms with Crippen molar-refractivity contribution in [2.24, 2.45) is 0 Å². The number of nitrogens with zero attached hydrogens (tertiary/aromatic N) is 12. The first-order valence-corrected chi connectivity index (χ1v) is 17.0. The van der Waals surface area contributed by atoms with E-state index in [-0.39, 0.29) is 36.5 Å². The molecule has 4 aromatic rings. The highest BCUT2D eigenvalue weighted by atomic mass is 15.1. The Bertz CT molecular complexity index is 1000. The molecule has 50 heavy (non-hydrogen) atoms. The van der Waals surface area contributed by atoms with Crippen LogP contribution in [-0.2, 0) is 21.7 Å². The Morgan fingerprint density at radius 1 is 0.360 bits per heavy atom. The first-order chi connectivity index (χ1) is 22.4. The van der Waals surface area contributed by atoms with Gasteiger partial charge in [-0.3, -0.25) is 0 Å². The van der Waals surface area contributed by atoms with Gasteiger partial charge in [0, 0.05) is 27.9 Å². The maximum Gasteiger partial charge on any atom is 0.156 e. The van der Waals surface area contributed by atoms with Gasteiger partial charge in [0.1, 0.15) is 31.1 Å². The number of aromatic nitrogens is 12. The van der Waals surface area contributed by atoms with Gasteiger partial charge >= 0.3 is 0 Å². The number of rotatable bonds is 0. The molecule has 0 atom stereocenters. The molecule has 0 radical (unpaired) electrons. The minimum atomic E-state index is 0. The van der Waals surface area contributed by atoms with Crippen LogP contribution in [0.2, 0.25) is 0 Å². The van der Waals surface area contributed by atoms with Crippen molar-refractivity contribution in [2.45, 2.75) is 175 Å². The van der Waals surface area contributed by atoms with Gasteiger partial charge in [0.2, 0.25) is 0 Å². The minimum Gasteiger partial charge on any atom is -0.241 e. The van der Waals surface area contributed by atoms with Crippen molar-refractivity contribution < 1.29 is 0 Å². The van der Waals surface area contributed by atoms with Crippen LogP contribution in [0, 0.1) is 0 Å². The fourth-order valence-electron chi connectivity index (χ4n) is 2.44. The van der Waals surface area contributed by atoms with E-state index in [0.717, 1.165) is 23.0 Å². The van der Waals surface area contributed by atoms with Gasteiger partial charge in [-0.1, -0.05) is 153 Å². The molecule has 0 aliphatic heterocycles. The van der Waals surface area contributed by atoms with E-state index in [9.17, 15) is 0 Å². The molecule has 0 aromatic carbocycles. The molecule has 288 valence electrons. The summed E-state index contributed by atoms with van der Waals surface area (Å²) >= 11 is 0. The molecule has 4 rings (SSSR count). The third-order valence-corrected chi connectivity index (χ3v) is 4.83. The molecule has 0 bridgehead atoms. The molecule has 0 spiro atoms. The Kier molecular flexibility index (Phi) is 37.6. The predicted molar refractivity (Wildman–Crippen MR) is 213 cm³/mol. The molecule has 0 aliphatic rings. The molecule has 0 fully saturated rings. The molecule has 12 nitrogen and oxygen atoms in total. The van der Waals surface area contributed by atoms with E-state index in [4.69, 9.17) is 0 Å². The molecule has 0 N–H and O–H groups in total. The lowest BCUT2D eigenvalue weighted by Crippen LogP contribution is -2.15. The molecular formula is C38H76N12. The molecule has 0 unspecified atom stereocenters. The summed E-state index contributed by atoms with van der Waals surface area (Å²) in [5, 5.41) is 22.6. The molecule has 4 heterocycles. The Morgan fingerprint density at radius 3 is 1.08 bits per heavy atom. The van der Waals surface area contributed by atoms with Gasteiger partial charge in [-0.2, -0.15) is 15.3 Å². The van der Waals surface area contributed by atoms with Crippen molar-refractivity contribution in [3.05, 3.63) is 73.1 Å². The molecule has 0 amide bonds. The second-order valence-corrected chi connectivity index (χ2v) is 12.9. The standard InChI is InChI=1S/4C7H11N3.4C2H6.2CH4/c1-7(2,3)6-9-4-8-5-10-6;1-7(2,3)6-4-9-10-5-8-6;1-7(2,3)6-4-8-5-9-10-6;1-7(2,3)6-8-4-5-9-10-6;4*1-2;;/h4*4-5H,1-3H3;4*1-2H3;2*1H4. The molecule has 0 saturated heterocycles. The minimum absolute atomic E-state index is 0. The summed E-state index contributed by atoms with van der Waals surface area (Å²) in [6.45, 7) is 40.9. The van der Waals surface area contributed by atoms with Crippen LogP contribution in [0.15, 0.2) is 50.1 Å². The van der Waals surface area contributed by atoms with Crippen molar-refractivity contribution in [1.82, 2.24) is 60.5 Å². The second kappa shape index (κ2) is 32.3. The van der Waals surface area contributed by atoms with Crippen molar-refractivity contribution in [3.8, 4) is 0 Å². The first-order valence-electron chi connectivity index (χ1n) is 17.0. The quantitative estimate of drug-likeness (QED) is 0.171. The normalized spacial score (nSPS) is 9.68. The van der Waals surface area contributed by atoms with Crippen molar-refractivity contribution in [2.75, 3.05) is 0 Å². The van der Waals surface area contributed by atoms with E-state index in [1.54, 1.807) is 24.8 Å². The Morgan fingerprint density at radius 2 is 0.840 bits per heavy atom. The lowest BCUT2D eigenvalue weighted by atomic mass is 9.93. The summed E-state index contributed by atoms with van der Waals surface area (Å²) in [6, 6.07) is 0. The van der Waals surface area contributed by atoms with E-state index in [0.29, 0.717) is 0 Å². The maximum absolute atomic E-state index is 4.08. The largest absolute Gasteiger partial charge is 0.241 e. The lowest BCUT2D eigenvalue weighted by molar-refractivity contribution is 0.533. The molecule has 0 aliphatic carbocycles. The van der Waals surface area contributed by atoms with Crippen LogP contribution in [0.3, 0.4) is 0 Å². The maximum atomic E-state index is 4.08. The summed E-state index contributed by atoms with van der Waals surface area (Å²) in [6.07, 6.45) is 12.6. The van der Waals surface area contributed by atoms with E-state index in [1.165, 1.54) is 25.3 Å². The van der Waals surface area contributed by atoms with Crippen LogP contribution in [0.1, 0.15) is 176 Å². The van der Waals surface area contributed by atoms with E-state index < -0.39 is 0 Å². The molecule has 12 heteroatoms. The van der Waals surface area contributed by atoms with Crippen molar-refractivity contribution >= 4 is 0 Å². The van der Waals surface area contributed by atoms with Crippen molar-refractivity contribution in [3.63, 3.8) is 0 Å². The first kappa shape index (κ1) is 58.3. The average molecular weight is 701 g/mol. The summed E-state index contributed by atoms with van der Waals surface area (Å²) in [5.74, 6) is 1.62. The van der Waals surface area contributed by atoms with Gasteiger partial charge in [0.15, 0.2) is 5.82 Å². The third kappa shape index (κ3) is 30.1. The van der Waals surface area contributed by atoms with Gasteiger partial charge in [-0.15, -0.1) is 15.3 Å². The Hall–Kier alpha value is -3.96.